The predicted octanol–water partition coefficient (Wildman–Crippen LogP) is 2.55. The average Bonchev–Trinajstić information content (AvgIpc) is 2.64. The van der Waals surface area contributed by atoms with Crippen LogP contribution in [-0.2, 0) is 11.3 Å². The van der Waals surface area contributed by atoms with E-state index in [1.165, 1.54) is 0 Å². The Morgan fingerprint density at radius 2 is 2.28 bits per heavy atom. The van der Waals surface area contributed by atoms with Crippen LogP contribution in [0.5, 0.6) is 5.75 Å². The van der Waals surface area contributed by atoms with Crippen molar-refractivity contribution < 1.29 is 15.0 Å². The van der Waals surface area contributed by atoms with Gasteiger partial charge < -0.3 is 14.8 Å². The van der Waals surface area contributed by atoms with Crippen LogP contribution in [0.15, 0.2) is 29.2 Å². The van der Waals surface area contributed by atoms with Crippen molar-refractivity contribution in [2.24, 2.45) is 0 Å². The molecular formula is C13H11NO3S. The molecule has 0 radical (unpaired) electrons. The molecule has 0 amide bonds. The molecule has 0 spiro atoms. The van der Waals surface area contributed by atoms with Gasteiger partial charge in [-0.1, -0.05) is 6.08 Å². The van der Waals surface area contributed by atoms with E-state index in [0.29, 0.717) is 0 Å². The molecule has 18 heavy (non-hydrogen) atoms. The standard InChI is InChI=1S/C13H11NO3S/c15-8-3-4-10-9(6-8)13-11(2-1-5-18-13)14(10)7-12(16)17/h1-4,6,15H,5,7H2,(H,16,17). The lowest BCUT2D eigenvalue weighted by Crippen LogP contribution is -2.10. The zero-order valence-corrected chi connectivity index (χ0v) is 10.3. The van der Waals surface area contributed by atoms with Gasteiger partial charge in [0.15, 0.2) is 0 Å². The maximum Gasteiger partial charge on any atom is 0.323 e. The second-order valence-corrected chi connectivity index (χ2v) is 5.14. The summed E-state index contributed by atoms with van der Waals surface area (Å²) < 4.78 is 1.77. The minimum atomic E-state index is -0.869. The summed E-state index contributed by atoms with van der Waals surface area (Å²) in [6.07, 6.45) is 3.97. The van der Waals surface area contributed by atoms with Gasteiger partial charge in [-0.15, -0.1) is 11.8 Å². The molecule has 0 bridgehead atoms. The van der Waals surface area contributed by atoms with Crippen molar-refractivity contribution in [1.29, 1.82) is 0 Å². The summed E-state index contributed by atoms with van der Waals surface area (Å²) in [5.41, 5.74) is 1.76. The molecule has 0 atom stereocenters. The first kappa shape index (κ1) is 11.2. The number of benzene rings is 1. The lowest BCUT2D eigenvalue weighted by atomic mass is 10.2. The molecule has 92 valence electrons. The highest BCUT2D eigenvalue weighted by atomic mass is 32.2. The van der Waals surface area contributed by atoms with Gasteiger partial charge >= 0.3 is 5.97 Å². The number of fused-ring (bicyclic) bond motifs is 3. The third-order valence-corrected chi connectivity index (χ3v) is 4.01. The van der Waals surface area contributed by atoms with Gasteiger partial charge in [0.05, 0.1) is 11.2 Å². The van der Waals surface area contributed by atoms with E-state index < -0.39 is 5.97 Å². The molecule has 2 aromatic rings. The lowest BCUT2D eigenvalue weighted by Gasteiger charge is -2.08. The van der Waals surface area contributed by atoms with Gasteiger partial charge in [-0.05, 0) is 24.3 Å². The number of phenols is 1. The molecule has 1 aromatic heterocycles. The quantitative estimate of drug-likeness (QED) is 0.872. The van der Waals surface area contributed by atoms with Crippen LogP contribution in [0, 0.1) is 0 Å². The van der Waals surface area contributed by atoms with Gasteiger partial charge in [0.2, 0.25) is 0 Å². The van der Waals surface area contributed by atoms with Crippen LogP contribution in [-0.4, -0.2) is 26.5 Å². The van der Waals surface area contributed by atoms with E-state index in [4.69, 9.17) is 5.11 Å². The number of carbonyl (C=O) groups is 1. The van der Waals surface area contributed by atoms with Gasteiger partial charge in [0, 0.05) is 16.0 Å². The first-order valence-corrected chi connectivity index (χ1v) is 6.52. The van der Waals surface area contributed by atoms with Crippen LogP contribution in [0.25, 0.3) is 17.0 Å². The van der Waals surface area contributed by atoms with Crippen molar-refractivity contribution in [2.75, 3.05) is 5.75 Å². The first-order valence-electron chi connectivity index (χ1n) is 5.53. The Balaban J connectivity index is 2.33. The summed E-state index contributed by atoms with van der Waals surface area (Å²) in [6, 6.07) is 5.04. The summed E-state index contributed by atoms with van der Waals surface area (Å²) in [5, 5.41) is 19.5. The Hall–Kier alpha value is -1.88. The fraction of sp³-hybridized carbons (Fsp3) is 0.154. The Kier molecular flexibility index (Phi) is 2.56. The van der Waals surface area contributed by atoms with Crippen LogP contribution in [0.4, 0.5) is 0 Å². The highest BCUT2D eigenvalue weighted by Crippen LogP contribution is 2.39. The van der Waals surface area contributed by atoms with Crippen LogP contribution in [0.3, 0.4) is 0 Å². The van der Waals surface area contributed by atoms with E-state index in [0.717, 1.165) is 27.2 Å². The number of carboxylic acids is 1. The lowest BCUT2D eigenvalue weighted by molar-refractivity contribution is -0.137. The van der Waals surface area contributed by atoms with E-state index >= 15 is 0 Å². The van der Waals surface area contributed by atoms with Gasteiger partial charge in [0.25, 0.3) is 0 Å². The normalized spacial score (nSPS) is 13.8. The van der Waals surface area contributed by atoms with E-state index in [-0.39, 0.29) is 12.3 Å². The molecule has 4 nitrogen and oxygen atoms in total. The summed E-state index contributed by atoms with van der Waals surface area (Å²) in [7, 11) is 0. The van der Waals surface area contributed by atoms with Crippen LogP contribution >= 0.6 is 11.8 Å². The molecule has 2 heterocycles. The summed E-state index contributed by atoms with van der Waals surface area (Å²) in [5.74, 6) is 0.203. The van der Waals surface area contributed by atoms with Crippen molar-refractivity contribution in [1.82, 2.24) is 4.57 Å². The molecule has 5 heteroatoms. The number of carboxylic acid groups (broad SMARTS) is 1. The summed E-state index contributed by atoms with van der Waals surface area (Å²) in [4.78, 5) is 12.0. The molecule has 3 rings (SSSR count). The summed E-state index contributed by atoms with van der Waals surface area (Å²) >= 11 is 1.66. The fourth-order valence-electron chi connectivity index (χ4n) is 2.25. The highest BCUT2D eigenvalue weighted by molar-refractivity contribution is 7.99. The average molecular weight is 261 g/mol. The first-order chi connectivity index (χ1) is 8.66. The largest absolute Gasteiger partial charge is 0.508 e. The number of aromatic nitrogens is 1. The van der Waals surface area contributed by atoms with Crippen LogP contribution in [0.1, 0.15) is 5.69 Å². The zero-order chi connectivity index (χ0) is 12.7. The number of aliphatic carboxylic acids is 1. The maximum absolute atomic E-state index is 11.0. The number of hydrogen-bond acceptors (Lipinski definition) is 3. The number of hydrogen-bond donors (Lipinski definition) is 2. The molecule has 0 aliphatic carbocycles. The Morgan fingerprint density at radius 1 is 1.44 bits per heavy atom. The molecule has 1 aliphatic rings. The SMILES string of the molecule is O=C(O)Cn1c2c(c3cc(O)ccc31)SCC=C2. The highest BCUT2D eigenvalue weighted by Gasteiger charge is 2.19. The minimum absolute atomic E-state index is 0.0679. The summed E-state index contributed by atoms with van der Waals surface area (Å²) in [6.45, 7) is -0.0679. The van der Waals surface area contributed by atoms with Gasteiger partial charge in [-0.2, -0.15) is 0 Å². The smallest absolute Gasteiger partial charge is 0.323 e. The van der Waals surface area contributed by atoms with Gasteiger partial charge in [0.1, 0.15) is 12.3 Å². The Bertz CT molecular complexity index is 672. The van der Waals surface area contributed by atoms with Crippen molar-refractivity contribution in [3.05, 3.63) is 30.0 Å². The van der Waals surface area contributed by atoms with Gasteiger partial charge in [-0.25, -0.2) is 0 Å². The topological polar surface area (TPSA) is 62.5 Å². The Morgan fingerprint density at radius 3 is 3.06 bits per heavy atom. The van der Waals surface area contributed by atoms with E-state index in [1.54, 1.807) is 34.5 Å². The second kappa shape index (κ2) is 4.10. The molecule has 0 saturated carbocycles. The van der Waals surface area contributed by atoms with Gasteiger partial charge in [-0.3, -0.25) is 4.79 Å². The van der Waals surface area contributed by atoms with E-state index in [1.807, 2.05) is 12.2 Å². The molecule has 1 aliphatic heterocycles. The molecule has 0 fully saturated rings. The van der Waals surface area contributed by atoms with E-state index in [2.05, 4.69) is 0 Å². The minimum Gasteiger partial charge on any atom is -0.508 e. The second-order valence-electron chi connectivity index (χ2n) is 4.11. The third-order valence-electron chi connectivity index (χ3n) is 2.93. The maximum atomic E-state index is 11.0. The fourth-order valence-corrected chi connectivity index (χ4v) is 3.25. The number of nitrogens with zero attached hydrogens (tertiary/aromatic N) is 1. The number of phenolic OH excluding ortho intramolecular Hbond substituents is 1. The monoisotopic (exact) mass is 261 g/mol. The molecule has 1 aromatic carbocycles. The third kappa shape index (κ3) is 1.67. The number of aromatic hydroxyl groups is 1. The van der Waals surface area contributed by atoms with Crippen LogP contribution in [0.2, 0.25) is 0 Å². The van der Waals surface area contributed by atoms with Crippen molar-refractivity contribution in [3.8, 4) is 5.75 Å². The van der Waals surface area contributed by atoms with Crippen molar-refractivity contribution in [3.63, 3.8) is 0 Å². The van der Waals surface area contributed by atoms with Crippen molar-refractivity contribution >= 4 is 34.7 Å². The molecular weight excluding hydrogens is 250 g/mol. The van der Waals surface area contributed by atoms with E-state index in [9.17, 15) is 9.90 Å². The van der Waals surface area contributed by atoms with Crippen LogP contribution < -0.4 is 0 Å². The molecule has 2 N–H and O–H groups in total. The predicted molar refractivity (Wildman–Crippen MR) is 71.0 cm³/mol. The number of thioether (sulfide) groups is 1. The molecule has 0 saturated heterocycles. The zero-order valence-electron chi connectivity index (χ0n) is 9.46. The van der Waals surface area contributed by atoms with Crippen molar-refractivity contribution in [2.45, 2.75) is 11.4 Å². The Labute approximate surface area is 108 Å². The number of rotatable bonds is 2. The molecule has 0 unspecified atom stereocenters.